The minimum atomic E-state index is -4.39. The van der Waals surface area contributed by atoms with Crippen LogP contribution in [0.25, 0.3) is 0 Å². The van der Waals surface area contributed by atoms with Gasteiger partial charge in [0.25, 0.3) is 0 Å². The molecule has 1 aromatic carbocycles. The van der Waals surface area contributed by atoms with Crippen LogP contribution in [0.15, 0.2) is 29.4 Å². The molecule has 1 rings (SSSR count). The monoisotopic (exact) mass is 246 g/mol. The minimum Gasteiger partial charge on any atom is -0.722 e. The van der Waals surface area contributed by atoms with Crippen LogP contribution >= 0.6 is 0 Å². The third-order valence-electron chi connectivity index (χ3n) is 1.77. The lowest BCUT2D eigenvalue weighted by Crippen LogP contribution is -2.30. The summed E-state index contributed by atoms with van der Waals surface area (Å²) in [5, 5.41) is 14.1. The number of nitrogens with zero attached hydrogens (tertiary/aromatic N) is 2. The molecular weight excluding hydrogens is 237 g/mol. The van der Waals surface area contributed by atoms with Crippen molar-refractivity contribution in [3.8, 4) is 0 Å². The van der Waals surface area contributed by atoms with E-state index in [1.165, 1.54) is 12.1 Å². The lowest BCUT2D eigenvalue weighted by molar-refractivity contribution is -0.463. The van der Waals surface area contributed by atoms with Gasteiger partial charge in [0, 0.05) is 0 Å². The Morgan fingerprint density at radius 1 is 1.24 bits per heavy atom. The van der Waals surface area contributed by atoms with Gasteiger partial charge in [-0.05, 0) is 17.7 Å². The molecule has 0 unspecified atom stereocenters. The van der Waals surface area contributed by atoms with E-state index < -0.39 is 17.7 Å². The molecular formula is C9H9F3N4O. The number of hydrogen-bond acceptors (Lipinski definition) is 2. The minimum absolute atomic E-state index is 0.0440. The van der Waals surface area contributed by atoms with Crippen LogP contribution in [0.2, 0.25) is 0 Å². The van der Waals surface area contributed by atoms with Gasteiger partial charge in [0.2, 0.25) is 0 Å². The van der Waals surface area contributed by atoms with Gasteiger partial charge in [-0.15, -0.1) is 9.95 Å². The van der Waals surface area contributed by atoms with Crippen molar-refractivity contribution < 1.29 is 18.0 Å². The van der Waals surface area contributed by atoms with Gasteiger partial charge in [0.1, 0.15) is 0 Å². The molecule has 5 nitrogen and oxygen atoms in total. The number of hydrazone groups is 1. The van der Waals surface area contributed by atoms with Crippen molar-refractivity contribution >= 4 is 12.2 Å². The Labute approximate surface area is 94.4 Å². The number of halogens is 3. The molecule has 0 aliphatic rings. The van der Waals surface area contributed by atoms with Gasteiger partial charge in [-0.1, -0.05) is 12.1 Å². The van der Waals surface area contributed by atoms with E-state index in [0.29, 0.717) is 5.56 Å². The smallest absolute Gasteiger partial charge is 0.416 e. The van der Waals surface area contributed by atoms with Gasteiger partial charge < -0.3 is 5.21 Å². The first kappa shape index (κ1) is 12.8. The van der Waals surface area contributed by atoms with Crippen LogP contribution in [-0.2, 0) is 6.18 Å². The van der Waals surface area contributed by atoms with Crippen molar-refractivity contribution in [2.75, 3.05) is 0 Å². The lowest BCUT2D eigenvalue weighted by atomic mass is 10.1. The number of guanidine groups is 1. The number of nitrogens with two attached hydrogens (primary N) is 2. The Morgan fingerprint density at radius 2 is 1.76 bits per heavy atom. The van der Waals surface area contributed by atoms with E-state index in [-0.39, 0.29) is 4.85 Å². The second-order valence-corrected chi connectivity index (χ2v) is 3.06. The summed E-state index contributed by atoms with van der Waals surface area (Å²) in [4.78, 5) is -0.0440. The second-order valence-electron chi connectivity index (χ2n) is 3.06. The van der Waals surface area contributed by atoms with Gasteiger partial charge in [-0.2, -0.15) is 13.2 Å². The van der Waals surface area contributed by atoms with Crippen molar-refractivity contribution in [3.63, 3.8) is 0 Å². The zero-order chi connectivity index (χ0) is 13.1. The van der Waals surface area contributed by atoms with E-state index in [0.717, 1.165) is 18.3 Å². The first-order valence-electron chi connectivity index (χ1n) is 4.37. The van der Waals surface area contributed by atoms with E-state index in [9.17, 15) is 18.4 Å². The molecule has 0 fully saturated rings. The van der Waals surface area contributed by atoms with Crippen LogP contribution in [0, 0.1) is 5.21 Å². The van der Waals surface area contributed by atoms with Crippen molar-refractivity contribution in [3.05, 3.63) is 40.6 Å². The number of alkyl halides is 3. The molecule has 0 aliphatic heterocycles. The Bertz CT molecular complexity index is 446. The predicted octanol–water partition coefficient (Wildman–Crippen LogP) is 0.823. The van der Waals surface area contributed by atoms with Crippen LogP contribution in [0.3, 0.4) is 0 Å². The first-order valence-corrected chi connectivity index (χ1v) is 4.37. The molecule has 0 saturated heterocycles. The van der Waals surface area contributed by atoms with E-state index in [4.69, 9.17) is 11.5 Å². The molecule has 0 aromatic heterocycles. The quantitative estimate of drug-likeness (QED) is 0.266. The average molecular weight is 246 g/mol. The number of benzene rings is 1. The molecule has 0 aliphatic carbocycles. The molecule has 92 valence electrons. The molecule has 0 atom stereocenters. The normalized spacial score (nSPS) is 11.7. The fourth-order valence-corrected chi connectivity index (χ4v) is 0.944. The van der Waals surface area contributed by atoms with Crippen LogP contribution in [0.5, 0.6) is 0 Å². The Hall–Kier alpha value is -2.25. The fraction of sp³-hybridized carbons (Fsp3) is 0.111. The Balaban J connectivity index is 2.87. The highest BCUT2D eigenvalue weighted by atomic mass is 19.4. The lowest BCUT2D eigenvalue weighted by Gasteiger charge is -2.06. The maximum atomic E-state index is 12.2. The standard InChI is InChI=1S/C9H9F3N4O/c10-9(11,12)7-3-1-6(2-4-7)5-15-16(17)8(13)14/h1-5H,13-14H2/b15-5+. The van der Waals surface area contributed by atoms with Gasteiger partial charge in [-0.3, -0.25) is 11.5 Å². The van der Waals surface area contributed by atoms with Crippen molar-refractivity contribution in [2.45, 2.75) is 6.18 Å². The summed E-state index contributed by atoms with van der Waals surface area (Å²) in [5.74, 6) is -0.562. The molecule has 0 bridgehead atoms. The van der Waals surface area contributed by atoms with E-state index >= 15 is 0 Å². The van der Waals surface area contributed by atoms with E-state index in [2.05, 4.69) is 5.10 Å². The summed E-state index contributed by atoms with van der Waals surface area (Å²) in [5.41, 5.74) is 9.39. The molecule has 0 amide bonds. The van der Waals surface area contributed by atoms with Crippen LogP contribution in [0.1, 0.15) is 11.1 Å². The van der Waals surface area contributed by atoms with Gasteiger partial charge in [0.05, 0.1) is 11.8 Å². The van der Waals surface area contributed by atoms with Gasteiger partial charge >= 0.3 is 12.1 Å². The molecule has 0 spiro atoms. The van der Waals surface area contributed by atoms with E-state index in [1.54, 1.807) is 0 Å². The maximum absolute atomic E-state index is 12.2. The topological polar surface area (TPSA) is 90.5 Å². The highest BCUT2D eigenvalue weighted by Gasteiger charge is 2.29. The van der Waals surface area contributed by atoms with Crippen molar-refractivity contribution in [2.24, 2.45) is 16.6 Å². The average Bonchev–Trinajstić information content (AvgIpc) is 2.25. The zero-order valence-electron chi connectivity index (χ0n) is 8.48. The maximum Gasteiger partial charge on any atom is 0.416 e. The molecule has 0 radical (unpaired) electrons. The fourth-order valence-electron chi connectivity index (χ4n) is 0.944. The third-order valence-corrected chi connectivity index (χ3v) is 1.77. The number of hydrogen-bond donors (Lipinski definition) is 2. The van der Waals surface area contributed by atoms with Gasteiger partial charge in [0.15, 0.2) is 0 Å². The summed E-state index contributed by atoms with van der Waals surface area (Å²) in [7, 11) is 0. The summed E-state index contributed by atoms with van der Waals surface area (Å²) in [6, 6.07) is 4.11. The summed E-state index contributed by atoms with van der Waals surface area (Å²) < 4.78 is 36.6. The zero-order valence-corrected chi connectivity index (χ0v) is 8.48. The van der Waals surface area contributed by atoms with Crippen molar-refractivity contribution in [1.82, 2.24) is 0 Å². The highest BCUT2D eigenvalue weighted by molar-refractivity contribution is 5.79. The third kappa shape index (κ3) is 3.67. The summed E-state index contributed by atoms with van der Waals surface area (Å²) in [6.45, 7) is 0. The molecule has 0 saturated carbocycles. The molecule has 17 heavy (non-hydrogen) atoms. The van der Waals surface area contributed by atoms with Crippen LogP contribution in [-0.4, -0.2) is 17.0 Å². The molecule has 0 heterocycles. The first-order chi connectivity index (χ1) is 7.80. The predicted molar refractivity (Wildman–Crippen MR) is 56.0 cm³/mol. The summed E-state index contributed by atoms with van der Waals surface area (Å²) >= 11 is 0. The highest BCUT2D eigenvalue weighted by Crippen LogP contribution is 2.28. The SMILES string of the molecule is NC(N)=[N+]([O-])/N=C/c1ccc(C(F)(F)F)cc1. The van der Waals surface area contributed by atoms with E-state index in [1.807, 2.05) is 0 Å². The molecule has 8 heteroatoms. The van der Waals surface area contributed by atoms with Gasteiger partial charge in [-0.25, -0.2) is 0 Å². The Morgan fingerprint density at radius 3 is 2.18 bits per heavy atom. The second kappa shape index (κ2) is 4.73. The molecule has 4 N–H and O–H groups in total. The largest absolute Gasteiger partial charge is 0.722 e. The number of rotatable bonds is 2. The molecule has 1 aromatic rings. The van der Waals surface area contributed by atoms with Crippen LogP contribution in [0.4, 0.5) is 13.2 Å². The summed E-state index contributed by atoms with van der Waals surface area (Å²) in [6.07, 6.45) is -3.34. The Kier molecular flexibility index (Phi) is 3.56. The van der Waals surface area contributed by atoms with Crippen LogP contribution < -0.4 is 11.5 Å². The van der Waals surface area contributed by atoms with Crippen molar-refractivity contribution in [1.29, 1.82) is 0 Å².